The normalized spacial score (nSPS) is 12.3. The summed E-state index contributed by atoms with van der Waals surface area (Å²) in [5.41, 5.74) is 3.93. The van der Waals surface area contributed by atoms with E-state index >= 15 is 0 Å². The molecular formula is C22H20N2O2. The Hall–Kier alpha value is -3.14. The van der Waals surface area contributed by atoms with E-state index in [-0.39, 0.29) is 5.91 Å². The van der Waals surface area contributed by atoms with Crippen molar-refractivity contribution in [2.24, 2.45) is 0 Å². The van der Waals surface area contributed by atoms with Crippen LogP contribution in [0.5, 0.6) is 5.75 Å². The van der Waals surface area contributed by atoms with E-state index in [0.29, 0.717) is 25.3 Å². The molecule has 0 spiro atoms. The van der Waals surface area contributed by atoms with Crippen molar-refractivity contribution in [1.29, 1.82) is 0 Å². The third-order valence-electron chi connectivity index (χ3n) is 4.54. The second-order valence-electron chi connectivity index (χ2n) is 6.43. The zero-order valence-corrected chi connectivity index (χ0v) is 14.5. The lowest BCUT2D eigenvalue weighted by atomic mass is 10.1. The first-order chi connectivity index (χ1) is 12.8. The number of hydrogen-bond acceptors (Lipinski definition) is 3. The molecule has 4 heteroatoms. The summed E-state index contributed by atoms with van der Waals surface area (Å²) in [7, 11) is 0. The van der Waals surface area contributed by atoms with Gasteiger partial charge in [0.1, 0.15) is 5.75 Å². The maximum Gasteiger partial charge on any atom is 0.254 e. The number of rotatable bonds is 5. The van der Waals surface area contributed by atoms with Crippen LogP contribution in [0.2, 0.25) is 0 Å². The van der Waals surface area contributed by atoms with Gasteiger partial charge in [0.25, 0.3) is 5.91 Å². The Kier molecular flexibility index (Phi) is 4.65. The summed E-state index contributed by atoms with van der Waals surface area (Å²) in [6.45, 7) is 1.77. The van der Waals surface area contributed by atoms with E-state index < -0.39 is 0 Å². The molecule has 1 aromatic heterocycles. The van der Waals surface area contributed by atoms with Crippen LogP contribution in [0.25, 0.3) is 0 Å². The van der Waals surface area contributed by atoms with Crippen molar-refractivity contribution in [3.63, 3.8) is 0 Å². The van der Waals surface area contributed by atoms with Crippen molar-refractivity contribution >= 4 is 5.91 Å². The van der Waals surface area contributed by atoms with E-state index in [4.69, 9.17) is 4.74 Å². The largest absolute Gasteiger partial charge is 0.493 e. The predicted molar refractivity (Wildman–Crippen MR) is 99.9 cm³/mol. The quantitative estimate of drug-likeness (QED) is 0.706. The Morgan fingerprint density at radius 3 is 2.62 bits per heavy atom. The zero-order chi connectivity index (χ0) is 17.8. The van der Waals surface area contributed by atoms with E-state index in [9.17, 15) is 4.79 Å². The Morgan fingerprint density at radius 2 is 1.81 bits per heavy atom. The molecule has 0 fully saturated rings. The number of ether oxygens (including phenoxy) is 1. The van der Waals surface area contributed by atoms with Crippen molar-refractivity contribution in [3.05, 3.63) is 95.3 Å². The lowest BCUT2D eigenvalue weighted by Gasteiger charge is -2.23. The Balaban J connectivity index is 1.61. The maximum atomic E-state index is 13.2. The smallest absolute Gasteiger partial charge is 0.254 e. The van der Waals surface area contributed by atoms with Crippen LogP contribution < -0.4 is 4.74 Å². The summed E-state index contributed by atoms with van der Waals surface area (Å²) in [5, 5.41) is 0. The van der Waals surface area contributed by atoms with Crippen molar-refractivity contribution in [2.45, 2.75) is 19.5 Å². The van der Waals surface area contributed by atoms with Gasteiger partial charge in [0.2, 0.25) is 0 Å². The molecule has 0 atom stereocenters. The number of carbonyl (C=O) groups is 1. The van der Waals surface area contributed by atoms with Gasteiger partial charge in [-0.15, -0.1) is 0 Å². The van der Waals surface area contributed by atoms with Crippen LogP contribution in [0.1, 0.15) is 27.0 Å². The molecule has 1 amide bonds. The van der Waals surface area contributed by atoms with Gasteiger partial charge in [0, 0.05) is 37.5 Å². The molecule has 0 saturated heterocycles. The highest BCUT2D eigenvalue weighted by atomic mass is 16.5. The highest BCUT2D eigenvalue weighted by molar-refractivity contribution is 5.94. The van der Waals surface area contributed by atoms with Crippen molar-refractivity contribution in [3.8, 4) is 5.75 Å². The van der Waals surface area contributed by atoms with Crippen LogP contribution in [0.4, 0.5) is 0 Å². The minimum Gasteiger partial charge on any atom is -0.493 e. The van der Waals surface area contributed by atoms with Gasteiger partial charge in [0.05, 0.1) is 6.61 Å². The molecule has 26 heavy (non-hydrogen) atoms. The third kappa shape index (κ3) is 3.59. The Labute approximate surface area is 153 Å². The fourth-order valence-corrected chi connectivity index (χ4v) is 3.22. The molecule has 3 aromatic rings. The standard InChI is InChI=1S/C22H20N2O2/c25-22(20-8-9-21-19(13-20)10-12-26-21)24(15-17-5-2-1-3-6-17)16-18-7-4-11-23-14-18/h1-9,11,13-14H,10,12,15-16H2. The third-order valence-corrected chi connectivity index (χ3v) is 4.54. The number of nitrogens with zero attached hydrogens (tertiary/aromatic N) is 2. The lowest BCUT2D eigenvalue weighted by Crippen LogP contribution is -2.30. The van der Waals surface area contributed by atoms with Gasteiger partial charge in [-0.1, -0.05) is 36.4 Å². The molecule has 1 aliphatic heterocycles. The minimum absolute atomic E-state index is 0.0207. The monoisotopic (exact) mass is 344 g/mol. The first-order valence-corrected chi connectivity index (χ1v) is 8.77. The van der Waals surface area contributed by atoms with Crippen LogP contribution in [0.3, 0.4) is 0 Å². The fraction of sp³-hybridized carbons (Fsp3) is 0.182. The van der Waals surface area contributed by atoms with E-state index in [2.05, 4.69) is 4.98 Å². The molecule has 4 nitrogen and oxygen atoms in total. The molecule has 0 bridgehead atoms. The molecule has 2 aromatic carbocycles. The van der Waals surface area contributed by atoms with Crippen LogP contribution in [0, 0.1) is 0 Å². The van der Waals surface area contributed by atoms with Gasteiger partial charge in [0.15, 0.2) is 0 Å². The average Bonchev–Trinajstić information content (AvgIpc) is 3.16. The van der Waals surface area contributed by atoms with Crippen molar-refractivity contribution < 1.29 is 9.53 Å². The highest BCUT2D eigenvalue weighted by Crippen LogP contribution is 2.27. The lowest BCUT2D eigenvalue weighted by molar-refractivity contribution is 0.0730. The summed E-state index contributed by atoms with van der Waals surface area (Å²) >= 11 is 0. The highest BCUT2D eigenvalue weighted by Gasteiger charge is 2.20. The fourth-order valence-electron chi connectivity index (χ4n) is 3.22. The summed E-state index contributed by atoms with van der Waals surface area (Å²) in [5.74, 6) is 0.913. The molecule has 0 N–H and O–H groups in total. The molecular weight excluding hydrogens is 324 g/mol. The van der Waals surface area contributed by atoms with Crippen LogP contribution in [-0.4, -0.2) is 22.4 Å². The molecule has 130 valence electrons. The molecule has 0 aliphatic carbocycles. The number of carbonyl (C=O) groups excluding carboxylic acids is 1. The first kappa shape index (κ1) is 16.3. The zero-order valence-electron chi connectivity index (χ0n) is 14.5. The van der Waals surface area contributed by atoms with Gasteiger partial charge in [-0.05, 0) is 41.0 Å². The Morgan fingerprint density at radius 1 is 1.00 bits per heavy atom. The first-order valence-electron chi connectivity index (χ1n) is 8.77. The molecule has 2 heterocycles. The molecule has 4 rings (SSSR count). The Bertz CT molecular complexity index is 853. The summed E-state index contributed by atoms with van der Waals surface area (Å²) < 4.78 is 5.55. The maximum absolute atomic E-state index is 13.2. The van der Waals surface area contributed by atoms with E-state index in [1.165, 1.54) is 0 Å². The topological polar surface area (TPSA) is 42.4 Å². The summed E-state index contributed by atoms with van der Waals surface area (Å²) in [6.07, 6.45) is 4.41. The van der Waals surface area contributed by atoms with Gasteiger partial charge >= 0.3 is 0 Å². The van der Waals surface area contributed by atoms with Gasteiger partial charge in [-0.2, -0.15) is 0 Å². The number of hydrogen-bond donors (Lipinski definition) is 0. The van der Waals surface area contributed by atoms with E-state index in [0.717, 1.165) is 28.9 Å². The molecule has 0 unspecified atom stereocenters. The number of pyridine rings is 1. The summed E-state index contributed by atoms with van der Waals surface area (Å²) in [4.78, 5) is 19.3. The summed E-state index contributed by atoms with van der Waals surface area (Å²) in [6, 6.07) is 19.7. The average molecular weight is 344 g/mol. The predicted octanol–water partition coefficient (Wildman–Crippen LogP) is 3.86. The number of benzene rings is 2. The molecule has 1 aliphatic rings. The van der Waals surface area contributed by atoms with Gasteiger partial charge < -0.3 is 9.64 Å². The second-order valence-corrected chi connectivity index (χ2v) is 6.43. The number of amides is 1. The van der Waals surface area contributed by atoms with Crippen LogP contribution in [-0.2, 0) is 19.5 Å². The van der Waals surface area contributed by atoms with Crippen LogP contribution in [0.15, 0.2) is 73.1 Å². The minimum atomic E-state index is 0.0207. The van der Waals surface area contributed by atoms with E-state index in [1.807, 2.05) is 71.8 Å². The number of aromatic nitrogens is 1. The van der Waals surface area contributed by atoms with Gasteiger partial charge in [-0.3, -0.25) is 9.78 Å². The molecule has 0 saturated carbocycles. The van der Waals surface area contributed by atoms with Crippen molar-refractivity contribution in [1.82, 2.24) is 9.88 Å². The SMILES string of the molecule is O=C(c1ccc2c(c1)CCO2)N(Cc1ccccc1)Cc1cccnc1. The van der Waals surface area contributed by atoms with Crippen molar-refractivity contribution in [2.75, 3.05) is 6.61 Å². The second kappa shape index (κ2) is 7.40. The molecule has 0 radical (unpaired) electrons. The number of fused-ring (bicyclic) bond motifs is 1. The van der Waals surface area contributed by atoms with E-state index in [1.54, 1.807) is 6.20 Å². The van der Waals surface area contributed by atoms with Crippen LogP contribution >= 0.6 is 0 Å². The van der Waals surface area contributed by atoms with Gasteiger partial charge in [-0.25, -0.2) is 0 Å².